The van der Waals surface area contributed by atoms with Crippen molar-refractivity contribution < 1.29 is 19.4 Å². The van der Waals surface area contributed by atoms with E-state index in [4.69, 9.17) is 14.2 Å². The van der Waals surface area contributed by atoms with Gasteiger partial charge in [-0.1, -0.05) is 25.1 Å². The van der Waals surface area contributed by atoms with Crippen LogP contribution in [0.25, 0.3) is 16.8 Å². The largest absolute Gasteiger partial charge is 0.473 e. The van der Waals surface area contributed by atoms with Crippen molar-refractivity contribution in [3.63, 3.8) is 0 Å². The number of rotatable bonds is 6. The van der Waals surface area contributed by atoms with Crippen LogP contribution in [0.15, 0.2) is 41.8 Å². The third kappa shape index (κ3) is 4.83. The summed E-state index contributed by atoms with van der Waals surface area (Å²) in [6, 6.07) is 6.39. The number of hydrogen-bond donors (Lipinski definition) is 2. The van der Waals surface area contributed by atoms with E-state index in [1.807, 2.05) is 10.9 Å². The molecule has 1 unspecified atom stereocenters. The van der Waals surface area contributed by atoms with Crippen LogP contribution in [0.3, 0.4) is 0 Å². The number of nitrogens with zero attached hydrogens (tertiary/aromatic N) is 3. The SMILES string of the molecule is CCCn1cc(-c2ccc3c(c2)CCN/C3=C\C(=N/O)OCC2COCCO2)cn1. The lowest BCUT2D eigenvalue weighted by Gasteiger charge is -2.24. The highest BCUT2D eigenvalue weighted by Crippen LogP contribution is 2.28. The summed E-state index contributed by atoms with van der Waals surface area (Å²) in [4.78, 5) is 0. The molecule has 1 aromatic carbocycles. The molecule has 160 valence electrons. The molecule has 30 heavy (non-hydrogen) atoms. The van der Waals surface area contributed by atoms with Gasteiger partial charge in [0.15, 0.2) is 0 Å². The van der Waals surface area contributed by atoms with E-state index >= 15 is 0 Å². The minimum atomic E-state index is -0.156. The van der Waals surface area contributed by atoms with Crippen LogP contribution in [-0.4, -0.2) is 60.0 Å². The molecule has 0 spiro atoms. The zero-order chi connectivity index (χ0) is 20.8. The molecule has 3 heterocycles. The van der Waals surface area contributed by atoms with Gasteiger partial charge in [0.05, 0.1) is 26.0 Å². The smallest absolute Gasteiger partial charge is 0.252 e. The van der Waals surface area contributed by atoms with E-state index < -0.39 is 0 Å². The van der Waals surface area contributed by atoms with Gasteiger partial charge in [-0.25, -0.2) is 0 Å². The fourth-order valence-corrected chi connectivity index (χ4v) is 3.70. The fourth-order valence-electron chi connectivity index (χ4n) is 3.70. The van der Waals surface area contributed by atoms with Crippen molar-refractivity contribution in [2.45, 2.75) is 32.4 Å². The normalized spacial score (nSPS) is 20.6. The molecule has 1 saturated heterocycles. The van der Waals surface area contributed by atoms with Gasteiger partial charge in [-0.2, -0.15) is 5.10 Å². The Bertz CT molecular complexity index is 916. The minimum absolute atomic E-state index is 0.143. The molecule has 2 aromatic rings. The molecule has 0 aliphatic carbocycles. The van der Waals surface area contributed by atoms with E-state index in [0.717, 1.165) is 48.3 Å². The summed E-state index contributed by atoms with van der Waals surface area (Å²) in [5.41, 5.74) is 5.46. The summed E-state index contributed by atoms with van der Waals surface area (Å²) < 4.78 is 18.5. The number of fused-ring (bicyclic) bond motifs is 1. The number of aromatic nitrogens is 2. The van der Waals surface area contributed by atoms with E-state index in [0.29, 0.717) is 19.8 Å². The quantitative estimate of drug-likeness (QED) is 0.328. The Morgan fingerprint density at radius 3 is 3.13 bits per heavy atom. The predicted octanol–water partition coefficient (Wildman–Crippen LogP) is 2.67. The summed E-state index contributed by atoms with van der Waals surface area (Å²) in [5.74, 6) is 0.143. The number of hydrogen-bond acceptors (Lipinski definition) is 7. The summed E-state index contributed by atoms with van der Waals surface area (Å²) in [5, 5.41) is 20.5. The maximum atomic E-state index is 9.38. The number of aryl methyl sites for hydroxylation is 1. The second-order valence-electron chi connectivity index (χ2n) is 7.42. The number of ether oxygens (including phenoxy) is 3. The topological polar surface area (TPSA) is 90.1 Å². The lowest BCUT2D eigenvalue weighted by molar-refractivity contribution is -0.103. The van der Waals surface area contributed by atoms with E-state index in [9.17, 15) is 5.21 Å². The van der Waals surface area contributed by atoms with Crippen LogP contribution in [0.4, 0.5) is 0 Å². The highest BCUT2D eigenvalue weighted by atomic mass is 16.6. The van der Waals surface area contributed by atoms with Crippen LogP contribution in [0.5, 0.6) is 0 Å². The van der Waals surface area contributed by atoms with E-state index in [-0.39, 0.29) is 18.6 Å². The summed E-state index contributed by atoms with van der Waals surface area (Å²) in [6.45, 7) is 5.77. The van der Waals surface area contributed by atoms with Gasteiger partial charge < -0.3 is 24.7 Å². The standard InChI is InChI=1S/C22H28N4O4/c1-2-7-26-13-18(12-24-26)16-3-4-20-17(10-16)5-6-23-21(20)11-22(25-27)30-15-19-14-28-8-9-29-19/h3-4,10-13,19,23,27H,2,5-9,14-15H2,1H3/b21-11-,25-22+. The van der Waals surface area contributed by atoms with Crippen LogP contribution in [0, 0.1) is 0 Å². The highest BCUT2D eigenvalue weighted by molar-refractivity contribution is 5.95. The first-order valence-electron chi connectivity index (χ1n) is 10.4. The van der Waals surface area contributed by atoms with Crippen LogP contribution in [0.1, 0.15) is 24.5 Å². The molecule has 2 N–H and O–H groups in total. The van der Waals surface area contributed by atoms with Crippen molar-refractivity contribution >= 4 is 11.6 Å². The Labute approximate surface area is 176 Å². The molecule has 4 rings (SSSR count). The zero-order valence-electron chi connectivity index (χ0n) is 17.2. The van der Waals surface area contributed by atoms with Crippen molar-refractivity contribution in [3.05, 3.63) is 47.8 Å². The van der Waals surface area contributed by atoms with Gasteiger partial charge in [0, 0.05) is 42.2 Å². The van der Waals surface area contributed by atoms with Gasteiger partial charge in [0.1, 0.15) is 12.7 Å². The molecule has 1 fully saturated rings. The molecule has 2 aliphatic rings. The average Bonchev–Trinajstić information content (AvgIpc) is 3.26. The third-order valence-electron chi connectivity index (χ3n) is 5.19. The van der Waals surface area contributed by atoms with Crippen LogP contribution in [0.2, 0.25) is 0 Å². The molecular weight excluding hydrogens is 384 g/mol. The molecule has 0 radical (unpaired) electrons. The van der Waals surface area contributed by atoms with Crippen molar-refractivity contribution in [1.82, 2.24) is 15.1 Å². The summed E-state index contributed by atoms with van der Waals surface area (Å²) >= 11 is 0. The lowest BCUT2D eigenvalue weighted by Crippen LogP contribution is -2.33. The van der Waals surface area contributed by atoms with Crippen molar-refractivity contribution in [1.29, 1.82) is 0 Å². The van der Waals surface area contributed by atoms with Gasteiger partial charge in [-0.05, 0) is 29.1 Å². The van der Waals surface area contributed by atoms with Crippen LogP contribution in [-0.2, 0) is 27.2 Å². The highest BCUT2D eigenvalue weighted by Gasteiger charge is 2.18. The molecule has 1 atom stereocenters. The first-order valence-corrected chi connectivity index (χ1v) is 10.4. The average molecular weight is 412 g/mol. The minimum Gasteiger partial charge on any atom is -0.473 e. The second-order valence-corrected chi connectivity index (χ2v) is 7.42. The molecular formula is C22H28N4O4. The third-order valence-corrected chi connectivity index (χ3v) is 5.19. The molecule has 1 aromatic heterocycles. The first kappa shape index (κ1) is 20.4. The molecule has 0 saturated carbocycles. The Morgan fingerprint density at radius 1 is 1.40 bits per heavy atom. The molecule has 0 bridgehead atoms. The van der Waals surface area contributed by atoms with Gasteiger partial charge in [-0.15, -0.1) is 0 Å². The maximum absolute atomic E-state index is 9.38. The zero-order valence-corrected chi connectivity index (χ0v) is 17.2. The molecule has 8 nitrogen and oxygen atoms in total. The molecule has 0 amide bonds. The van der Waals surface area contributed by atoms with Crippen molar-refractivity contribution in [2.24, 2.45) is 5.16 Å². The Morgan fingerprint density at radius 2 is 2.33 bits per heavy atom. The van der Waals surface area contributed by atoms with E-state index in [1.165, 1.54) is 5.56 Å². The van der Waals surface area contributed by atoms with Gasteiger partial charge in [0.2, 0.25) is 0 Å². The number of oxime groups is 1. The van der Waals surface area contributed by atoms with Crippen molar-refractivity contribution in [2.75, 3.05) is 33.0 Å². The van der Waals surface area contributed by atoms with Crippen LogP contribution < -0.4 is 5.32 Å². The molecule has 8 heteroatoms. The van der Waals surface area contributed by atoms with E-state index in [2.05, 4.69) is 46.9 Å². The van der Waals surface area contributed by atoms with Gasteiger partial charge in [0.25, 0.3) is 5.90 Å². The predicted molar refractivity (Wildman–Crippen MR) is 113 cm³/mol. The number of nitrogens with one attached hydrogen (secondary N) is 1. The van der Waals surface area contributed by atoms with Gasteiger partial charge in [-0.3, -0.25) is 4.68 Å². The molecule has 2 aliphatic heterocycles. The van der Waals surface area contributed by atoms with Crippen LogP contribution >= 0.6 is 0 Å². The summed E-state index contributed by atoms with van der Waals surface area (Å²) in [6.07, 6.45) is 7.55. The summed E-state index contributed by atoms with van der Waals surface area (Å²) in [7, 11) is 0. The Kier molecular flexibility index (Phi) is 6.66. The van der Waals surface area contributed by atoms with Crippen molar-refractivity contribution in [3.8, 4) is 11.1 Å². The Balaban J connectivity index is 1.49. The first-order chi connectivity index (χ1) is 14.8. The monoisotopic (exact) mass is 412 g/mol. The Hall–Kier alpha value is -2.84. The lowest BCUT2D eigenvalue weighted by atomic mass is 9.94. The number of benzene rings is 1. The maximum Gasteiger partial charge on any atom is 0.252 e. The van der Waals surface area contributed by atoms with E-state index in [1.54, 1.807) is 6.08 Å². The van der Waals surface area contributed by atoms with Gasteiger partial charge >= 0.3 is 0 Å². The second kappa shape index (κ2) is 9.77. The fraction of sp³-hybridized carbons (Fsp3) is 0.455.